The monoisotopic (exact) mass is 383 g/mol. The van der Waals surface area contributed by atoms with Gasteiger partial charge in [0, 0.05) is 28.9 Å². The van der Waals surface area contributed by atoms with Gasteiger partial charge in [0.1, 0.15) is 0 Å². The summed E-state index contributed by atoms with van der Waals surface area (Å²) >= 11 is 3.53. The van der Waals surface area contributed by atoms with E-state index in [0.717, 1.165) is 23.7 Å². The number of hydrogen-bond donors (Lipinski definition) is 0. The Morgan fingerprint density at radius 1 is 1.43 bits per heavy atom. The van der Waals surface area contributed by atoms with Crippen LogP contribution in [0.4, 0.5) is 4.39 Å². The molecule has 5 heteroatoms. The molecule has 0 radical (unpaired) electrons. The number of piperidine rings is 1. The molecule has 3 rings (SSSR count). The second-order valence-electron chi connectivity index (χ2n) is 6.60. The van der Waals surface area contributed by atoms with Crippen LogP contribution in [0.5, 0.6) is 0 Å². The minimum absolute atomic E-state index is 0.160. The standard InChI is InChI=1S/C18H23BrFNO2/c1-21-14-6-7-16(21)17(18(22)23-9-3-8-20)15(11-14)12-4-2-5-13(19)10-12/h2,4-5,10,14-17H,3,6-9,11H2,1H3/t14-,15+,16+,17-/m0/s1. The molecule has 2 aliphatic rings. The van der Waals surface area contributed by atoms with Gasteiger partial charge in [0.25, 0.3) is 0 Å². The van der Waals surface area contributed by atoms with Crippen molar-refractivity contribution in [2.75, 3.05) is 20.3 Å². The summed E-state index contributed by atoms with van der Waals surface area (Å²) in [4.78, 5) is 15.0. The summed E-state index contributed by atoms with van der Waals surface area (Å²) in [6.45, 7) is -0.269. The number of alkyl halides is 1. The van der Waals surface area contributed by atoms with Crippen LogP contribution < -0.4 is 0 Å². The molecule has 2 saturated heterocycles. The molecule has 0 unspecified atom stereocenters. The lowest BCUT2D eigenvalue weighted by molar-refractivity contribution is -0.153. The van der Waals surface area contributed by atoms with E-state index < -0.39 is 6.67 Å². The molecule has 2 bridgehead atoms. The van der Waals surface area contributed by atoms with Gasteiger partial charge in [-0.05, 0) is 44.0 Å². The molecule has 0 saturated carbocycles. The Morgan fingerprint density at radius 2 is 2.26 bits per heavy atom. The van der Waals surface area contributed by atoms with Gasteiger partial charge in [-0.15, -0.1) is 0 Å². The number of hydrogen-bond acceptors (Lipinski definition) is 3. The third-order valence-electron chi connectivity index (χ3n) is 5.34. The van der Waals surface area contributed by atoms with Crippen molar-refractivity contribution in [3.63, 3.8) is 0 Å². The van der Waals surface area contributed by atoms with E-state index in [2.05, 4.69) is 40.0 Å². The number of nitrogens with zero attached hydrogens (tertiary/aromatic N) is 1. The van der Waals surface area contributed by atoms with Crippen molar-refractivity contribution in [1.29, 1.82) is 0 Å². The molecule has 4 atom stereocenters. The molecule has 3 nitrogen and oxygen atoms in total. The normalized spacial score (nSPS) is 30.4. The van der Waals surface area contributed by atoms with Crippen molar-refractivity contribution in [1.82, 2.24) is 4.90 Å². The molecule has 1 aromatic rings. The zero-order valence-corrected chi connectivity index (χ0v) is 15.0. The van der Waals surface area contributed by atoms with Crippen molar-refractivity contribution in [3.05, 3.63) is 34.3 Å². The van der Waals surface area contributed by atoms with E-state index in [1.807, 2.05) is 12.1 Å². The SMILES string of the molecule is CN1[C@H]2CC[C@@H]1[C@@H](C(=O)OCCCF)[C@@H](c1cccc(Br)c1)C2. The third kappa shape index (κ3) is 3.45. The summed E-state index contributed by atoms with van der Waals surface area (Å²) in [7, 11) is 2.11. The fraction of sp³-hybridized carbons (Fsp3) is 0.611. The second-order valence-corrected chi connectivity index (χ2v) is 7.51. The fourth-order valence-corrected chi connectivity index (χ4v) is 4.61. The quantitative estimate of drug-likeness (QED) is 0.569. The smallest absolute Gasteiger partial charge is 0.311 e. The van der Waals surface area contributed by atoms with Gasteiger partial charge in [-0.25, -0.2) is 0 Å². The minimum atomic E-state index is -0.446. The van der Waals surface area contributed by atoms with Crippen molar-refractivity contribution < 1.29 is 13.9 Å². The van der Waals surface area contributed by atoms with E-state index in [0.29, 0.717) is 6.04 Å². The zero-order valence-electron chi connectivity index (χ0n) is 13.4. The number of esters is 1. The molecular weight excluding hydrogens is 361 g/mol. The van der Waals surface area contributed by atoms with Gasteiger partial charge in [-0.1, -0.05) is 28.1 Å². The Hall–Kier alpha value is -0.940. The first kappa shape index (κ1) is 16.9. The highest BCUT2D eigenvalue weighted by Crippen LogP contribution is 2.46. The lowest BCUT2D eigenvalue weighted by atomic mass is 9.76. The minimum Gasteiger partial charge on any atom is -0.465 e. The topological polar surface area (TPSA) is 29.5 Å². The Bertz CT molecular complexity index is 568. The van der Waals surface area contributed by atoms with Gasteiger partial charge in [-0.3, -0.25) is 14.1 Å². The molecule has 2 heterocycles. The van der Waals surface area contributed by atoms with Crippen molar-refractivity contribution in [2.24, 2.45) is 5.92 Å². The van der Waals surface area contributed by atoms with Crippen molar-refractivity contribution in [3.8, 4) is 0 Å². The first-order valence-electron chi connectivity index (χ1n) is 8.32. The molecule has 23 heavy (non-hydrogen) atoms. The Balaban J connectivity index is 1.85. The van der Waals surface area contributed by atoms with Gasteiger partial charge >= 0.3 is 5.97 Å². The molecule has 0 spiro atoms. The predicted molar refractivity (Wildman–Crippen MR) is 91.1 cm³/mol. The summed E-state index contributed by atoms with van der Waals surface area (Å²) < 4.78 is 18.7. The van der Waals surface area contributed by atoms with E-state index in [1.165, 1.54) is 5.56 Å². The van der Waals surface area contributed by atoms with E-state index >= 15 is 0 Å². The molecule has 0 amide bonds. The first-order valence-corrected chi connectivity index (χ1v) is 9.11. The summed E-state index contributed by atoms with van der Waals surface area (Å²) in [5.74, 6) is -0.146. The summed E-state index contributed by atoms with van der Waals surface area (Å²) in [5, 5.41) is 0. The van der Waals surface area contributed by atoms with E-state index in [-0.39, 0.29) is 36.9 Å². The number of ether oxygens (including phenoxy) is 1. The van der Waals surface area contributed by atoms with E-state index in [4.69, 9.17) is 4.74 Å². The van der Waals surface area contributed by atoms with Crippen LogP contribution in [0.15, 0.2) is 28.7 Å². The van der Waals surface area contributed by atoms with Crippen LogP contribution in [0.2, 0.25) is 0 Å². The summed E-state index contributed by atoms with van der Waals surface area (Å²) in [5.41, 5.74) is 1.19. The lowest BCUT2D eigenvalue weighted by Gasteiger charge is -2.42. The van der Waals surface area contributed by atoms with E-state index in [1.54, 1.807) is 0 Å². The highest BCUT2D eigenvalue weighted by molar-refractivity contribution is 9.10. The number of carbonyl (C=O) groups is 1. The molecule has 2 aliphatic heterocycles. The highest BCUT2D eigenvalue weighted by atomic mass is 79.9. The third-order valence-corrected chi connectivity index (χ3v) is 5.83. The molecule has 0 N–H and O–H groups in total. The van der Waals surface area contributed by atoms with Crippen molar-refractivity contribution >= 4 is 21.9 Å². The summed E-state index contributed by atoms with van der Waals surface area (Å²) in [6.07, 6.45) is 3.43. The number of halogens is 2. The van der Waals surface area contributed by atoms with Crippen molar-refractivity contribution in [2.45, 2.75) is 43.7 Å². The van der Waals surface area contributed by atoms with Crippen LogP contribution in [0.3, 0.4) is 0 Å². The average Bonchev–Trinajstić information content (AvgIpc) is 2.78. The Labute approximate surface area is 145 Å². The van der Waals surface area contributed by atoms with Crippen LogP contribution >= 0.6 is 15.9 Å². The maximum Gasteiger partial charge on any atom is 0.311 e. The molecule has 0 aliphatic carbocycles. The number of benzene rings is 1. The zero-order chi connectivity index (χ0) is 16.4. The van der Waals surface area contributed by atoms with Crippen LogP contribution in [0.25, 0.3) is 0 Å². The highest BCUT2D eigenvalue weighted by Gasteiger charge is 2.49. The Kier molecular flexibility index (Phi) is 5.37. The number of rotatable bonds is 5. The Morgan fingerprint density at radius 3 is 3.00 bits per heavy atom. The van der Waals surface area contributed by atoms with Crippen LogP contribution in [0.1, 0.15) is 37.2 Å². The predicted octanol–water partition coefficient (Wildman–Crippen LogP) is 3.92. The maximum atomic E-state index is 12.7. The van der Waals surface area contributed by atoms with E-state index in [9.17, 15) is 9.18 Å². The van der Waals surface area contributed by atoms with Gasteiger partial charge in [0.2, 0.25) is 0 Å². The number of fused-ring (bicyclic) bond motifs is 2. The molecular formula is C18H23BrFNO2. The van der Waals surface area contributed by atoms with Crippen LogP contribution in [-0.2, 0) is 9.53 Å². The molecule has 2 fully saturated rings. The second kappa shape index (κ2) is 7.31. The van der Waals surface area contributed by atoms with Gasteiger partial charge < -0.3 is 4.74 Å². The average molecular weight is 384 g/mol. The lowest BCUT2D eigenvalue weighted by Crippen LogP contribution is -2.49. The first-order chi connectivity index (χ1) is 11.1. The van der Waals surface area contributed by atoms with Gasteiger partial charge in [0.05, 0.1) is 19.2 Å². The van der Waals surface area contributed by atoms with Gasteiger partial charge in [-0.2, -0.15) is 0 Å². The van der Waals surface area contributed by atoms with Crippen LogP contribution in [-0.4, -0.2) is 43.3 Å². The van der Waals surface area contributed by atoms with Crippen LogP contribution in [0, 0.1) is 5.92 Å². The largest absolute Gasteiger partial charge is 0.465 e. The molecule has 126 valence electrons. The summed E-state index contributed by atoms with van der Waals surface area (Å²) in [6, 6.07) is 9.00. The van der Waals surface area contributed by atoms with Gasteiger partial charge in [0.15, 0.2) is 0 Å². The molecule has 1 aromatic carbocycles. The number of carbonyl (C=O) groups excluding carboxylic acids is 1. The fourth-order valence-electron chi connectivity index (χ4n) is 4.19. The maximum absolute atomic E-state index is 12.7. The molecule has 0 aromatic heterocycles.